The van der Waals surface area contributed by atoms with Crippen LogP contribution in [-0.4, -0.2) is 45.0 Å². The Labute approximate surface area is 206 Å². The molecule has 6 heteroatoms. The van der Waals surface area contributed by atoms with Crippen molar-refractivity contribution >= 4 is 17.4 Å². The van der Waals surface area contributed by atoms with Crippen LogP contribution in [0.15, 0.2) is 66.9 Å². The molecule has 2 saturated heterocycles. The van der Waals surface area contributed by atoms with Gasteiger partial charge < -0.3 is 9.80 Å². The normalized spacial score (nSPS) is 18.4. The second-order valence-electron chi connectivity index (χ2n) is 9.77. The molecular formula is C29H31N5O. The van der Waals surface area contributed by atoms with Gasteiger partial charge in [-0.1, -0.05) is 42.5 Å². The molecule has 178 valence electrons. The van der Waals surface area contributed by atoms with Crippen LogP contribution in [0, 0.1) is 6.92 Å². The van der Waals surface area contributed by atoms with E-state index in [9.17, 15) is 4.79 Å². The molecule has 0 N–H and O–H groups in total. The number of amides is 1. The van der Waals surface area contributed by atoms with E-state index in [2.05, 4.69) is 36.2 Å². The number of piperidine rings is 1. The second kappa shape index (κ2) is 9.17. The molecule has 4 aromatic rings. The zero-order valence-electron chi connectivity index (χ0n) is 20.2. The maximum atomic E-state index is 13.6. The van der Waals surface area contributed by atoms with Crippen molar-refractivity contribution in [2.75, 3.05) is 24.5 Å². The molecule has 1 unspecified atom stereocenters. The van der Waals surface area contributed by atoms with E-state index in [4.69, 9.17) is 10.1 Å². The van der Waals surface area contributed by atoms with Crippen LogP contribution in [0.25, 0.3) is 16.8 Å². The van der Waals surface area contributed by atoms with Crippen LogP contribution in [0.4, 0.5) is 5.82 Å². The minimum absolute atomic E-state index is 0.0257. The van der Waals surface area contributed by atoms with Gasteiger partial charge in [0.2, 0.25) is 0 Å². The summed E-state index contributed by atoms with van der Waals surface area (Å²) < 4.78 is 1.89. The van der Waals surface area contributed by atoms with Crippen molar-refractivity contribution in [3.05, 3.63) is 83.7 Å². The van der Waals surface area contributed by atoms with Crippen LogP contribution in [-0.2, 0) is 0 Å². The number of nitrogens with zero attached hydrogens (tertiary/aromatic N) is 5. The highest BCUT2D eigenvalue weighted by Gasteiger charge is 2.31. The van der Waals surface area contributed by atoms with E-state index >= 15 is 0 Å². The minimum Gasteiger partial charge on any atom is -0.356 e. The lowest BCUT2D eigenvalue weighted by Crippen LogP contribution is -2.38. The Morgan fingerprint density at radius 1 is 0.886 bits per heavy atom. The van der Waals surface area contributed by atoms with Crippen molar-refractivity contribution in [2.45, 2.75) is 45.1 Å². The average Bonchev–Trinajstić information content (AvgIpc) is 3.58. The third kappa shape index (κ3) is 4.18. The molecule has 6 nitrogen and oxygen atoms in total. The lowest BCUT2D eigenvalue weighted by molar-refractivity contribution is 0.0605. The van der Waals surface area contributed by atoms with Crippen LogP contribution >= 0.6 is 0 Å². The fourth-order valence-electron chi connectivity index (χ4n) is 5.51. The fraction of sp³-hybridized carbons (Fsp3) is 0.345. The van der Waals surface area contributed by atoms with Crippen LogP contribution in [0.5, 0.6) is 0 Å². The third-order valence-corrected chi connectivity index (χ3v) is 7.37. The highest BCUT2D eigenvalue weighted by atomic mass is 16.2. The minimum atomic E-state index is -0.0257. The van der Waals surface area contributed by atoms with Crippen molar-refractivity contribution in [3.8, 4) is 11.1 Å². The molecule has 4 heterocycles. The number of anilines is 1. The molecule has 1 atom stereocenters. The van der Waals surface area contributed by atoms with Crippen molar-refractivity contribution in [1.82, 2.24) is 19.5 Å². The first-order chi connectivity index (χ1) is 17.2. The third-order valence-electron chi connectivity index (χ3n) is 7.37. The summed E-state index contributed by atoms with van der Waals surface area (Å²) >= 11 is 0. The lowest BCUT2D eigenvalue weighted by Gasteiger charge is -2.34. The summed E-state index contributed by atoms with van der Waals surface area (Å²) in [6, 6.07) is 20.3. The number of carbonyl (C=O) groups is 1. The van der Waals surface area contributed by atoms with E-state index in [0.29, 0.717) is 0 Å². The van der Waals surface area contributed by atoms with E-state index in [0.717, 1.165) is 78.3 Å². The molecule has 2 aliphatic heterocycles. The molecule has 0 bridgehead atoms. The maximum Gasteiger partial charge on any atom is 0.254 e. The molecule has 1 amide bonds. The van der Waals surface area contributed by atoms with Crippen molar-refractivity contribution in [1.29, 1.82) is 0 Å². The highest BCUT2D eigenvalue weighted by molar-refractivity contribution is 5.95. The first-order valence-electron chi connectivity index (χ1n) is 12.8. The van der Waals surface area contributed by atoms with Gasteiger partial charge in [0.05, 0.1) is 11.7 Å². The molecule has 0 aliphatic carbocycles. The predicted molar refractivity (Wildman–Crippen MR) is 139 cm³/mol. The number of likely N-dealkylation sites (tertiary alicyclic amines) is 1. The van der Waals surface area contributed by atoms with Gasteiger partial charge in [-0.3, -0.25) is 4.79 Å². The summed E-state index contributed by atoms with van der Waals surface area (Å²) in [5.41, 5.74) is 5.94. The zero-order chi connectivity index (χ0) is 23.8. The van der Waals surface area contributed by atoms with Gasteiger partial charge in [0.25, 0.3) is 5.91 Å². The van der Waals surface area contributed by atoms with Crippen LogP contribution < -0.4 is 4.90 Å². The van der Waals surface area contributed by atoms with E-state index in [1.54, 1.807) is 0 Å². The summed E-state index contributed by atoms with van der Waals surface area (Å²) in [7, 11) is 0. The van der Waals surface area contributed by atoms with Gasteiger partial charge >= 0.3 is 0 Å². The molecule has 2 fully saturated rings. The van der Waals surface area contributed by atoms with Crippen molar-refractivity contribution in [3.63, 3.8) is 0 Å². The second-order valence-corrected chi connectivity index (χ2v) is 9.77. The first kappa shape index (κ1) is 21.8. The summed E-state index contributed by atoms with van der Waals surface area (Å²) in [5.74, 6) is 1.14. The molecule has 2 aliphatic rings. The van der Waals surface area contributed by atoms with Crippen LogP contribution in [0.2, 0.25) is 0 Å². The van der Waals surface area contributed by atoms with Gasteiger partial charge in [-0.25, -0.2) is 9.50 Å². The topological polar surface area (TPSA) is 53.7 Å². The highest BCUT2D eigenvalue weighted by Crippen LogP contribution is 2.33. The number of hydrogen-bond donors (Lipinski definition) is 0. The molecule has 0 saturated carbocycles. The average molecular weight is 466 g/mol. The number of benzene rings is 2. The van der Waals surface area contributed by atoms with E-state index in [1.807, 2.05) is 51.9 Å². The maximum absolute atomic E-state index is 13.6. The SMILES string of the molecule is Cc1cn2nc(C3CCCCN3C(=O)c3ccc(-c4ccccc4)cc3)cc2nc1N1CCCC1. The molecule has 2 aromatic carbocycles. The van der Waals surface area contributed by atoms with E-state index in [1.165, 1.54) is 12.8 Å². The molecule has 0 radical (unpaired) electrons. The largest absolute Gasteiger partial charge is 0.356 e. The van der Waals surface area contributed by atoms with Gasteiger partial charge in [0, 0.05) is 43.0 Å². The number of aromatic nitrogens is 3. The summed E-state index contributed by atoms with van der Waals surface area (Å²) in [6.45, 7) is 5.00. The Morgan fingerprint density at radius 2 is 1.60 bits per heavy atom. The van der Waals surface area contributed by atoms with Crippen molar-refractivity contribution in [2.24, 2.45) is 0 Å². The van der Waals surface area contributed by atoms with Gasteiger partial charge in [0.1, 0.15) is 5.82 Å². The zero-order valence-corrected chi connectivity index (χ0v) is 20.2. The van der Waals surface area contributed by atoms with E-state index in [-0.39, 0.29) is 11.9 Å². The molecule has 35 heavy (non-hydrogen) atoms. The number of carbonyl (C=O) groups excluding carboxylic acids is 1. The standard InChI is InChI=1S/C29H31N5O/c1-21-20-34-27(30-28(21)32-16-7-8-17-32)19-25(31-34)26-11-5-6-18-33(26)29(35)24-14-12-23(13-15-24)22-9-3-2-4-10-22/h2-4,9-10,12-15,19-20,26H,5-8,11,16-18H2,1H3. The first-order valence-corrected chi connectivity index (χ1v) is 12.8. The molecule has 0 spiro atoms. The summed E-state index contributed by atoms with van der Waals surface area (Å²) in [5, 5.41) is 4.89. The van der Waals surface area contributed by atoms with Gasteiger partial charge in [-0.15, -0.1) is 0 Å². The molecule has 2 aromatic heterocycles. The Hall–Kier alpha value is -3.67. The summed E-state index contributed by atoms with van der Waals surface area (Å²) in [4.78, 5) is 22.9. The fourth-order valence-corrected chi connectivity index (χ4v) is 5.51. The van der Waals surface area contributed by atoms with Gasteiger partial charge in [-0.05, 0) is 62.3 Å². The Morgan fingerprint density at radius 3 is 2.37 bits per heavy atom. The van der Waals surface area contributed by atoms with Crippen molar-refractivity contribution < 1.29 is 4.79 Å². The molecular weight excluding hydrogens is 434 g/mol. The van der Waals surface area contributed by atoms with Crippen LogP contribution in [0.3, 0.4) is 0 Å². The Bertz CT molecular complexity index is 1340. The number of fused-ring (bicyclic) bond motifs is 1. The van der Waals surface area contributed by atoms with Crippen LogP contribution in [0.1, 0.15) is 59.8 Å². The smallest absolute Gasteiger partial charge is 0.254 e. The Balaban J connectivity index is 1.28. The van der Waals surface area contributed by atoms with Gasteiger partial charge in [0.15, 0.2) is 5.65 Å². The number of aryl methyl sites for hydroxylation is 1. The monoisotopic (exact) mass is 465 g/mol. The lowest BCUT2D eigenvalue weighted by atomic mass is 9.97. The Kier molecular flexibility index (Phi) is 5.72. The molecule has 6 rings (SSSR count). The predicted octanol–water partition coefficient (Wildman–Crippen LogP) is 5.67. The summed E-state index contributed by atoms with van der Waals surface area (Å²) in [6.07, 6.45) is 7.58. The van der Waals surface area contributed by atoms with Gasteiger partial charge in [-0.2, -0.15) is 5.10 Å². The number of hydrogen-bond acceptors (Lipinski definition) is 4. The number of rotatable bonds is 4. The van der Waals surface area contributed by atoms with E-state index < -0.39 is 0 Å². The quantitative estimate of drug-likeness (QED) is 0.390.